The number of nitrogens with zero attached hydrogens (tertiary/aromatic N) is 1. The first-order chi connectivity index (χ1) is 10.6. The molecule has 23 heavy (non-hydrogen) atoms. The molecule has 128 valence electrons. The summed E-state index contributed by atoms with van der Waals surface area (Å²) in [5.41, 5.74) is 0.232. The summed E-state index contributed by atoms with van der Waals surface area (Å²) < 4.78 is 4.75. The largest absolute Gasteiger partial charge is 0.469 e. The van der Waals surface area contributed by atoms with Crippen LogP contribution in [-0.2, 0) is 19.1 Å². The van der Waals surface area contributed by atoms with E-state index in [9.17, 15) is 14.4 Å². The molecule has 1 aliphatic heterocycles. The number of ether oxygens (including phenoxy) is 1. The molecule has 0 radical (unpaired) electrons. The average Bonchev–Trinajstić information content (AvgIpc) is 2.94. The smallest absolute Gasteiger partial charge is 0.306 e. The summed E-state index contributed by atoms with van der Waals surface area (Å²) in [5, 5.41) is 0. The van der Waals surface area contributed by atoms with Crippen molar-refractivity contribution < 1.29 is 19.1 Å². The number of likely N-dealkylation sites (tertiary alicyclic amines) is 1. The molecule has 0 unspecified atom stereocenters. The molecule has 5 atom stereocenters. The van der Waals surface area contributed by atoms with Crippen LogP contribution in [0.5, 0.6) is 0 Å². The predicted molar refractivity (Wildman–Crippen MR) is 84.1 cm³/mol. The number of carbonyl (C=O) groups is 3. The van der Waals surface area contributed by atoms with Gasteiger partial charge in [-0.05, 0) is 41.9 Å². The molecule has 0 spiro atoms. The van der Waals surface area contributed by atoms with Crippen molar-refractivity contribution in [1.29, 1.82) is 0 Å². The van der Waals surface area contributed by atoms with Gasteiger partial charge in [0.1, 0.15) is 0 Å². The first kappa shape index (κ1) is 16.5. The SMILES string of the molecule is COC(=O)C[C@H]1C(=O)N(C)C(=O)[C@H]1[C@H]1C[C@@H]2CC[C@@]1(C)C2(C)C. The minimum atomic E-state index is -0.558. The molecule has 5 heteroatoms. The van der Waals surface area contributed by atoms with Gasteiger partial charge in [-0.25, -0.2) is 0 Å². The van der Waals surface area contributed by atoms with Crippen molar-refractivity contribution in [3.63, 3.8) is 0 Å². The van der Waals surface area contributed by atoms with Crippen LogP contribution >= 0.6 is 0 Å². The van der Waals surface area contributed by atoms with E-state index >= 15 is 0 Å². The minimum absolute atomic E-state index is 0.00769. The standard InChI is InChI=1S/C18H27NO4/c1-17(2)10-6-7-18(17,3)12(8-10)14-11(9-13(20)23-5)15(21)19(4)16(14)22/h10-12,14H,6-9H2,1-5H3/t10-,11+,12+,14+,18+/m0/s1. The van der Waals surface area contributed by atoms with Gasteiger partial charge in [-0.3, -0.25) is 19.3 Å². The summed E-state index contributed by atoms with van der Waals surface area (Å²) in [4.78, 5) is 38.2. The first-order valence-corrected chi connectivity index (χ1v) is 8.53. The molecular weight excluding hydrogens is 294 g/mol. The summed E-state index contributed by atoms with van der Waals surface area (Å²) in [5.74, 6) is -0.910. The third kappa shape index (κ3) is 2.01. The monoisotopic (exact) mass is 321 g/mol. The molecule has 0 N–H and O–H groups in total. The second-order valence-corrected chi connectivity index (χ2v) is 8.36. The fourth-order valence-corrected chi connectivity index (χ4v) is 5.65. The van der Waals surface area contributed by atoms with Crippen LogP contribution in [0.25, 0.3) is 0 Å². The highest BCUT2D eigenvalue weighted by molar-refractivity contribution is 6.06. The fraction of sp³-hybridized carbons (Fsp3) is 0.833. The number of methoxy groups -OCH3 is 1. The van der Waals surface area contributed by atoms with Gasteiger partial charge < -0.3 is 4.74 Å². The second kappa shape index (κ2) is 5.05. The number of imide groups is 1. The molecular formula is C18H27NO4. The van der Waals surface area contributed by atoms with E-state index in [1.54, 1.807) is 0 Å². The maximum absolute atomic E-state index is 12.8. The summed E-state index contributed by atoms with van der Waals surface area (Å²) >= 11 is 0. The van der Waals surface area contributed by atoms with Crippen molar-refractivity contribution in [2.24, 2.45) is 34.5 Å². The van der Waals surface area contributed by atoms with E-state index in [1.165, 1.54) is 25.5 Å². The summed E-state index contributed by atoms with van der Waals surface area (Å²) in [6, 6.07) is 0. The third-order valence-electron chi connectivity index (χ3n) is 7.61. The topological polar surface area (TPSA) is 63.7 Å². The molecule has 3 aliphatic rings. The Balaban J connectivity index is 1.95. The van der Waals surface area contributed by atoms with Gasteiger partial charge in [0.15, 0.2) is 0 Å². The second-order valence-electron chi connectivity index (χ2n) is 8.36. The van der Waals surface area contributed by atoms with Crippen LogP contribution < -0.4 is 0 Å². The quantitative estimate of drug-likeness (QED) is 0.591. The van der Waals surface area contributed by atoms with E-state index in [0.29, 0.717) is 5.92 Å². The van der Waals surface area contributed by atoms with E-state index in [2.05, 4.69) is 20.8 Å². The Hall–Kier alpha value is -1.39. The van der Waals surface area contributed by atoms with E-state index in [0.717, 1.165) is 12.8 Å². The van der Waals surface area contributed by atoms with E-state index in [4.69, 9.17) is 4.74 Å². The molecule has 3 rings (SSSR count). The molecule has 0 aromatic heterocycles. The maximum Gasteiger partial charge on any atom is 0.306 e. The molecule has 2 aliphatic carbocycles. The molecule has 0 aromatic carbocycles. The lowest BCUT2D eigenvalue weighted by Gasteiger charge is -2.42. The minimum Gasteiger partial charge on any atom is -0.469 e. The van der Waals surface area contributed by atoms with Crippen LogP contribution in [0.3, 0.4) is 0 Å². The van der Waals surface area contributed by atoms with Gasteiger partial charge in [-0.1, -0.05) is 20.8 Å². The van der Waals surface area contributed by atoms with Crippen LogP contribution in [-0.4, -0.2) is 36.8 Å². The molecule has 1 heterocycles. The van der Waals surface area contributed by atoms with Crippen LogP contribution in [0.1, 0.15) is 46.5 Å². The van der Waals surface area contributed by atoms with Gasteiger partial charge in [0.25, 0.3) is 0 Å². The Labute approximate surface area is 137 Å². The van der Waals surface area contributed by atoms with Gasteiger partial charge in [-0.2, -0.15) is 0 Å². The van der Waals surface area contributed by atoms with Crippen LogP contribution in [0.2, 0.25) is 0 Å². The zero-order chi connectivity index (χ0) is 17.2. The van der Waals surface area contributed by atoms with Crippen molar-refractivity contribution in [3.05, 3.63) is 0 Å². The normalized spacial score (nSPS) is 41.7. The van der Waals surface area contributed by atoms with Crippen molar-refractivity contribution in [1.82, 2.24) is 4.90 Å². The highest BCUT2D eigenvalue weighted by Gasteiger charge is 2.66. The van der Waals surface area contributed by atoms with Crippen LogP contribution in [0.4, 0.5) is 0 Å². The van der Waals surface area contributed by atoms with Gasteiger partial charge in [0, 0.05) is 7.05 Å². The van der Waals surface area contributed by atoms with E-state index in [-0.39, 0.29) is 40.9 Å². The van der Waals surface area contributed by atoms with E-state index in [1.807, 2.05) is 0 Å². The number of carbonyl (C=O) groups excluding carboxylic acids is 3. The van der Waals surface area contributed by atoms with Gasteiger partial charge in [0.2, 0.25) is 11.8 Å². The number of hydrogen-bond donors (Lipinski definition) is 0. The molecule has 5 nitrogen and oxygen atoms in total. The van der Waals surface area contributed by atoms with Crippen molar-refractivity contribution in [2.75, 3.05) is 14.2 Å². The van der Waals surface area contributed by atoms with Crippen LogP contribution in [0, 0.1) is 34.5 Å². The zero-order valence-corrected chi connectivity index (χ0v) is 14.7. The summed E-state index contributed by atoms with van der Waals surface area (Å²) in [6.45, 7) is 6.87. The lowest BCUT2D eigenvalue weighted by atomic mass is 9.61. The zero-order valence-electron chi connectivity index (χ0n) is 14.7. The van der Waals surface area contributed by atoms with Crippen molar-refractivity contribution in [2.45, 2.75) is 46.5 Å². The molecule has 3 fully saturated rings. The molecule has 1 saturated heterocycles. The Kier molecular flexibility index (Phi) is 3.62. The van der Waals surface area contributed by atoms with E-state index < -0.39 is 11.9 Å². The van der Waals surface area contributed by atoms with Gasteiger partial charge in [-0.15, -0.1) is 0 Å². The number of hydrogen-bond acceptors (Lipinski definition) is 4. The number of esters is 1. The Morgan fingerprint density at radius 2 is 1.91 bits per heavy atom. The van der Waals surface area contributed by atoms with Gasteiger partial charge >= 0.3 is 5.97 Å². The Morgan fingerprint density at radius 1 is 1.26 bits per heavy atom. The molecule has 2 saturated carbocycles. The lowest BCUT2D eigenvalue weighted by molar-refractivity contribution is -0.145. The lowest BCUT2D eigenvalue weighted by Crippen LogP contribution is -2.40. The molecule has 2 amide bonds. The molecule has 0 aromatic rings. The van der Waals surface area contributed by atoms with Crippen molar-refractivity contribution >= 4 is 17.8 Å². The van der Waals surface area contributed by atoms with Crippen molar-refractivity contribution in [3.8, 4) is 0 Å². The summed E-state index contributed by atoms with van der Waals surface area (Å²) in [7, 11) is 2.86. The van der Waals surface area contributed by atoms with Crippen LogP contribution in [0.15, 0.2) is 0 Å². The Bertz CT molecular complexity index is 569. The number of amides is 2. The first-order valence-electron chi connectivity index (χ1n) is 8.53. The third-order valence-corrected chi connectivity index (χ3v) is 7.61. The predicted octanol–water partition coefficient (Wildman–Crippen LogP) is 2.24. The molecule has 2 bridgehead atoms. The number of fused-ring (bicyclic) bond motifs is 2. The average molecular weight is 321 g/mol. The maximum atomic E-state index is 12.8. The number of rotatable bonds is 3. The highest BCUT2D eigenvalue weighted by atomic mass is 16.5. The Morgan fingerprint density at radius 3 is 2.39 bits per heavy atom. The fourth-order valence-electron chi connectivity index (χ4n) is 5.65. The highest BCUT2D eigenvalue weighted by Crippen LogP contribution is 2.70. The summed E-state index contributed by atoms with van der Waals surface area (Å²) in [6.07, 6.45) is 3.29. The van der Waals surface area contributed by atoms with Gasteiger partial charge in [0.05, 0.1) is 25.4 Å².